The molecular weight excluding hydrogens is 304 g/mol. The van der Waals surface area contributed by atoms with Crippen molar-refractivity contribution in [2.24, 2.45) is 0 Å². The summed E-state index contributed by atoms with van der Waals surface area (Å²) >= 11 is 0. The topological polar surface area (TPSA) is 48.0 Å². The molecule has 6 heteroatoms. The minimum atomic E-state index is -0.00476. The molecule has 132 valence electrons. The molecule has 1 aromatic carbocycles. The molecule has 0 radical (unpaired) electrons. The van der Waals surface area contributed by atoms with Crippen LogP contribution in [0.1, 0.15) is 13.3 Å². The molecule has 2 aliphatic rings. The van der Waals surface area contributed by atoms with Crippen molar-refractivity contribution >= 4 is 11.7 Å². The number of hydrogen-bond acceptors (Lipinski definition) is 4. The number of likely N-dealkylation sites (N-methyl/N-ethyl adjacent to an activating group) is 1. The Kier molecular flexibility index (Phi) is 5.58. The van der Waals surface area contributed by atoms with Gasteiger partial charge in [-0.2, -0.15) is 0 Å². The summed E-state index contributed by atoms with van der Waals surface area (Å²) in [6, 6.07) is 7.95. The molecule has 1 aromatic rings. The average Bonchev–Trinajstić information content (AvgIpc) is 3.13. The SMILES string of the molecule is CCN1CCN([C@@H]2CCN(C(=O)Nc3ccc(OC)cc3)C2)CC1. The molecular formula is C18H28N4O2. The number of ether oxygens (including phenoxy) is 1. The zero-order chi connectivity index (χ0) is 16.9. The third-order valence-corrected chi connectivity index (χ3v) is 5.16. The lowest BCUT2D eigenvalue weighted by atomic mass is 10.2. The normalized spacial score (nSPS) is 22.6. The Bertz CT molecular complexity index is 540. The molecule has 0 unspecified atom stereocenters. The van der Waals surface area contributed by atoms with Crippen molar-refractivity contribution in [2.45, 2.75) is 19.4 Å². The highest BCUT2D eigenvalue weighted by Gasteiger charge is 2.31. The predicted molar refractivity (Wildman–Crippen MR) is 95.7 cm³/mol. The minimum absolute atomic E-state index is 0.00476. The van der Waals surface area contributed by atoms with Gasteiger partial charge in [0, 0.05) is 51.0 Å². The van der Waals surface area contributed by atoms with Crippen molar-refractivity contribution in [3.63, 3.8) is 0 Å². The minimum Gasteiger partial charge on any atom is -0.497 e. The number of urea groups is 1. The molecule has 2 saturated heterocycles. The van der Waals surface area contributed by atoms with E-state index in [0.29, 0.717) is 6.04 Å². The second kappa shape index (κ2) is 7.85. The number of piperazine rings is 1. The summed E-state index contributed by atoms with van der Waals surface area (Å²) in [6.07, 6.45) is 1.07. The molecule has 2 aliphatic heterocycles. The van der Waals surface area contributed by atoms with Gasteiger partial charge in [0.15, 0.2) is 0 Å². The number of nitrogens with zero attached hydrogens (tertiary/aromatic N) is 3. The number of nitrogens with one attached hydrogen (secondary N) is 1. The molecule has 0 aromatic heterocycles. The van der Waals surface area contributed by atoms with Crippen molar-refractivity contribution in [3.8, 4) is 5.75 Å². The van der Waals surface area contributed by atoms with Crippen LogP contribution in [0.4, 0.5) is 10.5 Å². The van der Waals surface area contributed by atoms with Crippen LogP contribution < -0.4 is 10.1 Å². The fourth-order valence-electron chi connectivity index (χ4n) is 3.55. The molecule has 1 N–H and O–H groups in total. The molecule has 3 rings (SSSR count). The number of methoxy groups -OCH3 is 1. The van der Waals surface area contributed by atoms with Gasteiger partial charge in [0.1, 0.15) is 5.75 Å². The summed E-state index contributed by atoms with van der Waals surface area (Å²) in [5.41, 5.74) is 0.806. The van der Waals surface area contributed by atoms with E-state index in [9.17, 15) is 4.79 Å². The summed E-state index contributed by atoms with van der Waals surface area (Å²) in [5.74, 6) is 0.792. The van der Waals surface area contributed by atoms with Crippen LogP contribution in [0.25, 0.3) is 0 Å². The van der Waals surface area contributed by atoms with Gasteiger partial charge in [-0.25, -0.2) is 4.79 Å². The molecule has 0 saturated carbocycles. The van der Waals surface area contributed by atoms with Crippen LogP contribution in [0.5, 0.6) is 5.75 Å². The van der Waals surface area contributed by atoms with Gasteiger partial charge in [0.05, 0.1) is 7.11 Å². The Morgan fingerprint density at radius 3 is 2.50 bits per heavy atom. The van der Waals surface area contributed by atoms with Crippen LogP contribution in [0.3, 0.4) is 0 Å². The summed E-state index contributed by atoms with van der Waals surface area (Å²) in [7, 11) is 1.64. The van der Waals surface area contributed by atoms with Gasteiger partial charge in [0.25, 0.3) is 0 Å². The van der Waals surface area contributed by atoms with Crippen molar-refractivity contribution in [2.75, 3.05) is 58.2 Å². The maximum Gasteiger partial charge on any atom is 0.321 e. The summed E-state index contributed by atoms with van der Waals surface area (Å²) in [4.78, 5) is 19.4. The van der Waals surface area contributed by atoms with E-state index in [4.69, 9.17) is 4.74 Å². The van der Waals surface area contributed by atoms with E-state index in [0.717, 1.165) is 63.7 Å². The van der Waals surface area contributed by atoms with Gasteiger partial charge in [-0.3, -0.25) is 4.90 Å². The largest absolute Gasteiger partial charge is 0.497 e. The van der Waals surface area contributed by atoms with E-state index >= 15 is 0 Å². The van der Waals surface area contributed by atoms with E-state index in [2.05, 4.69) is 22.0 Å². The van der Waals surface area contributed by atoms with E-state index < -0.39 is 0 Å². The maximum absolute atomic E-state index is 12.5. The highest BCUT2D eigenvalue weighted by molar-refractivity contribution is 5.89. The van der Waals surface area contributed by atoms with E-state index in [1.807, 2.05) is 29.2 Å². The van der Waals surface area contributed by atoms with Gasteiger partial charge in [-0.05, 0) is 37.2 Å². The van der Waals surface area contributed by atoms with Crippen LogP contribution in [-0.2, 0) is 0 Å². The second-order valence-electron chi connectivity index (χ2n) is 6.52. The zero-order valence-corrected chi connectivity index (χ0v) is 14.7. The lowest BCUT2D eigenvalue weighted by Gasteiger charge is -2.37. The number of likely N-dealkylation sites (tertiary alicyclic amines) is 1. The van der Waals surface area contributed by atoms with Crippen LogP contribution in [-0.4, -0.2) is 79.7 Å². The van der Waals surface area contributed by atoms with Crippen LogP contribution >= 0.6 is 0 Å². The van der Waals surface area contributed by atoms with Crippen LogP contribution in [0, 0.1) is 0 Å². The highest BCUT2D eigenvalue weighted by Crippen LogP contribution is 2.20. The number of carbonyl (C=O) groups is 1. The molecule has 1 atom stereocenters. The van der Waals surface area contributed by atoms with E-state index in [1.54, 1.807) is 7.11 Å². The van der Waals surface area contributed by atoms with Crippen molar-refractivity contribution in [1.82, 2.24) is 14.7 Å². The van der Waals surface area contributed by atoms with Gasteiger partial charge in [0.2, 0.25) is 0 Å². The maximum atomic E-state index is 12.5. The average molecular weight is 332 g/mol. The van der Waals surface area contributed by atoms with Crippen LogP contribution in [0.15, 0.2) is 24.3 Å². The Balaban J connectivity index is 1.48. The van der Waals surface area contributed by atoms with E-state index in [-0.39, 0.29) is 6.03 Å². The van der Waals surface area contributed by atoms with Crippen LogP contribution in [0.2, 0.25) is 0 Å². The number of rotatable bonds is 4. The monoisotopic (exact) mass is 332 g/mol. The molecule has 2 heterocycles. The lowest BCUT2D eigenvalue weighted by molar-refractivity contribution is 0.103. The standard InChI is InChI=1S/C18H28N4O2/c1-3-20-10-12-21(13-11-20)16-8-9-22(14-16)18(23)19-15-4-6-17(24-2)7-5-15/h4-7,16H,3,8-14H2,1-2H3,(H,19,23)/t16-/m1/s1. The number of amides is 2. The summed E-state index contributed by atoms with van der Waals surface area (Å²) < 4.78 is 5.14. The zero-order valence-electron chi connectivity index (χ0n) is 14.7. The molecule has 2 amide bonds. The molecule has 0 aliphatic carbocycles. The third kappa shape index (κ3) is 3.99. The molecule has 2 fully saturated rings. The first-order valence-electron chi connectivity index (χ1n) is 8.86. The van der Waals surface area contributed by atoms with Crippen molar-refractivity contribution in [3.05, 3.63) is 24.3 Å². The Labute approximate surface area is 144 Å². The highest BCUT2D eigenvalue weighted by atomic mass is 16.5. The molecule has 0 bridgehead atoms. The van der Waals surface area contributed by atoms with Gasteiger partial charge in [-0.1, -0.05) is 6.92 Å². The molecule has 0 spiro atoms. The lowest BCUT2D eigenvalue weighted by Crippen LogP contribution is -2.51. The van der Waals surface area contributed by atoms with Gasteiger partial charge < -0.3 is 19.9 Å². The van der Waals surface area contributed by atoms with Crippen molar-refractivity contribution < 1.29 is 9.53 Å². The molecule has 24 heavy (non-hydrogen) atoms. The fourth-order valence-corrected chi connectivity index (χ4v) is 3.55. The second-order valence-corrected chi connectivity index (χ2v) is 6.52. The first-order chi connectivity index (χ1) is 11.7. The van der Waals surface area contributed by atoms with E-state index in [1.165, 1.54) is 0 Å². The Hall–Kier alpha value is -1.79. The predicted octanol–water partition coefficient (Wildman–Crippen LogP) is 1.94. The van der Waals surface area contributed by atoms with Gasteiger partial charge in [-0.15, -0.1) is 0 Å². The number of carbonyl (C=O) groups excluding carboxylic acids is 1. The smallest absolute Gasteiger partial charge is 0.321 e. The number of anilines is 1. The number of benzene rings is 1. The van der Waals surface area contributed by atoms with Gasteiger partial charge >= 0.3 is 6.03 Å². The Morgan fingerprint density at radius 1 is 1.17 bits per heavy atom. The quantitative estimate of drug-likeness (QED) is 0.915. The summed E-state index contributed by atoms with van der Waals surface area (Å²) in [6.45, 7) is 9.54. The fraction of sp³-hybridized carbons (Fsp3) is 0.611. The third-order valence-electron chi connectivity index (χ3n) is 5.16. The Morgan fingerprint density at radius 2 is 1.88 bits per heavy atom. The first kappa shape index (κ1) is 17.0. The molecule has 6 nitrogen and oxygen atoms in total. The first-order valence-corrected chi connectivity index (χ1v) is 8.86. The summed E-state index contributed by atoms with van der Waals surface area (Å²) in [5, 5.41) is 2.98. The number of hydrogen-bond donors (Lipinski definition) is 1. The van der Waals surface area contributed by atoms with Crippen molar-refractivity contribution in [1.29, 1.82) is 0 Å².